The van der Waals surface area contributed by atoms with Crippen LogP contribution < -0.4 is 0 Å². The van der Waals surface area contributed by atoms with E-state index >= 15 is 0 Å². The fraction of sp³-hybridized carbons (Fsp3) is 0.500. The van der Waals surface area contributed by atoms with Crippen molar-refractivity contribution in [1.82, 2.24) is 19.9 Å². The number of rotatable bonds is 5. The van der Waals surface area contributed by atoms with E-state index < -0.39 is 0 Å². The van der Waals surface area contributed by atoms with Gasteiger partial charge in [-0.25, -0.2) is 4.68 Å². The van der Waals surface area contributed by atoms with Crippen molar-refractivity contribution in [1.29, 1.82) is 0 Å². The van der Waals surface area contributed by atoms with Gasteiger partial charge in [0.05, 0.1) is 17.5 Å². The lowest BCUT2D eigenvalue weighted by Crippen LogP contribution is -2.34. The molecule has 1 atom stereocenters. The van der Waals surface area contributed by atoms with Crippen LogP contribution in [-0.2, 0) is 4.74 Å². The van der Waals surface area contributed by atoms with Gasteiger partial charge in [-0.1, -0.05) is 21.1 Å². The van der Waals surface area contributed by atoms with Gasteiger partial charge in [0.25, 0.3) is 5.91 Å². The Hall–Kier alpha value is -1.73. The average molecular weight is 405 g/mol. The first-order chi connectivity index (χ1) is 12.1. The van der Waals surface area contributed by atoms with Gasteiger partial charge in [0, 0.05) is 30.6 Å². The molecule has 1 aliphatic heterocycles. The van der Waals surface area contributed by atoms with E-state index in [0.29, 0.717) is 18.2 Å². The van der Waals surface area contributed by atoms with Crippen LogP contribution in [0.5, 0.6) is 0 Å². The minimum atomic E-state index is -0.0687. The Kier molecular flexibility index (Phi) is 4.60. The maximum atomic E-state index is 12.9. The van der Waals surface area contributed by atoms with Gasteiger partial charge in [-0.3, -0.25) is 4.79 Å². The number of benzene rings is 1. The number of halogens is 1. The summed E-state index contributed by atoms with van der Waals surface area (Å²) in [6, 6.07) is 7.90. The van der Waals surface area contributed by atoms with Crippen molar-refractivity contribution in [2.75, 3.05) is 20.2 Å². The van der Waals surface area contributed by atoms with Gasteiger partial charge in [0.2, 0.25) is 0 Å². The molecule has 132 valence electrons. The molecule has 1 amide bonds. The lowest BCUT2D eigenvalue weighted by atomic mass is 10.2. The van der Waals surface area contributed by atoms with Crippen molar-refractivity contribution in [2.24, 2.45) is 0 Å². The van der Waals surface area contributed by atoms with E-state index in [2.05, 4.69) is 26.2 Å². The smallest absolute Gasteiger partial charge is 0.276 e. The fourth-order valence-electron chi connectivity index (χ4n) is 3.30. The number of carbonyl (C=O) groups excluding carboxylic acids is 1. The van der Waals surface area contributed by atoms with Gasteiger partial charge in [0.1, 0.15) is 0 Å². The highest BCUT2D eigenvalue weighted by molar-refractivity contribution is 9.10. The molecule has 0 N–H and O–H groups in total. The maximum absolute atomic E-state index is 12.9. The maximum Gasteiger partial charge on any atom is 0.276 e. The van der Waals surface area contributed by atoms with Crippen LogP contribution >= 0.6 is 15.9 Å². The Labute approximate surface area is 155 Å². The van der Waals surface area contributed by atoms with Crippen molar-refractivity contribution in [3.8, 4) is 5.69 Å². The third-order valence-electron chi connectivity index (χ3n) is 4.79. The van der Waals surface area contributed by atoms with Crippen LogP contribution in [0.1, 0.15) is 47.8 Å². The van der Waals surface area contributed by atoms with Crippen molar-refractivity contribution in [3.05, 3.63) is 40.1 Å². The number of ether oxygens (including phenoxy) is 1. The van der Waals surface area contributed by atoms with E-state index in [0.717, 1.165) is 48.1 Å². The Morgan fingerprint density at radius 1 is 1.32 bits per heavy atom. The predicted molar refractivity (Wildman–Crippen MR) is 97.0 cm³/mol. The van der Waals surface area contributed by atoms with Crippen LogP contribution in [0.3, 0.4) is 0 Å². The van der Waals surface area contributed by atoms with Crippen LogP contribution in [0.4, 0.5) is 0 Å². The van der Waals surface area contributed by atoms with Gasteiger partial charge in [0.15, 0.2) is 5.69 Å². The number of amides is 1. The highest BCUT2D eigenvalue weighted by Gasteiger charge is 2.35. The van der Waals surface area contributed by atoms with Crippen LogP contribution in [0.25, 0.3) is 5.69 Å². The Balaban J connectivity index is 1.61. The second kappa shape index (κ2) is 6.88. The van der Waals surface area contributed by atoms with Gasteiger partial charge in [-0.2, -0.15) is 0 Å². The molecule has 4 rings (SSSR count). The van der Waals surface area contributed by atoms with Crippen molar-refractivity contribution < 1.29 is 9.53 Å². The van der Waals surface area contributed by atoms with Gasteiger partial charge in [-0.15, -0.1) is 5.10 Å². The molecule has 2 aromatic rings. The molecule has 1 aliphatic carbocycles. The van der Waals surface area contributed by atoms with Crippen LogP contribution in [0.15, 0.2) is 28.7 Å². The van der Waals surface area contributed by atoms with Gasteiger partial charge in [-0.05, 0) is 49.9 Å². The van der Waals surface area contributed by atoms with Gasteiger partial charge < -0.3 is 9.64 Å². The summed E-state index contributed by atoms with van der Waals surface area (Å²) >= 11 is 3.45. The van der Waals surface area contributed by atoms with Crippen LogP contribution in [0, 0.1) is 0 Å². The number of carbonyl (C=O) groups is 1. The number of nitrogens with zero attached hydrogens (tertiary/aromatic N) is 4. The molecule has 0 spiro atoms. The highest BCUT2D eigenvalue weighted by atomic mass is 79.9. The summed E-state index contributed by atoms with van der Waals surface area (Å²) in [6.07, 6.45) is 4.39. The van der Waals surface area contributed by atoms with E-state index in [1.807, 2.05) is 36.0 Å². The normalized spacial score (nSPS) is 20.0. The molecule has 1 saturated carbocycles. The molecule has 1 saturated heterocycles. The summed E-state index contributed by atoms with van der Waals surface area (Å²) in [5.74, 6) is 0.300. The zero-order valence-electron chi connectivity index (χ0n) is 14.2. The zero-order chi connectivity index (χ0) is 17.4. The Bertz CT molecular complexity index is 764. The molecule has 2 aliphatic rings. The molecule has 7 heteroatoms. The predicted octanol–water partition coefficient (Wildman–Crippen LogP) is 3.16. The first kappa shape index (κ1) is 16.7. The third-order valence-corrected chi connectivity index (χ3v) is 5.32. The molecule has 0 radical (unpaired) electrons. The minimum absolute atomic E-state index is 0.0687. The standard InChI is InChI=1S/C18H21BrN4O2/c1-22(11-15-3-2-10-25-15)18(24)16-17(12-4-5-12)23(21-20-16)14-8-6-13(19)7-9-14/h6-9,12,15H,2-5,10-11H2,1H3. The monoisotopic (exact) mass is 404 g/mol. The van der Waals surface area contributed by atoms with Gasteiger partial charge >= 0.3 is 0 Å². The molecule has 2 heterocycles. The Morgan fingerprint density at radius 3 is 2.72 bits per heavy atom. The van der Waals surface area contributed by atoms with Crippen LogP contribution in [0.2, 0.25) is 0 Å². The topological polar surface area (TPSA) is 60.2 Å². The summed E-state index contributed by atoms with van der Waals surface area (Å²) < 4.78 is 8.47. The number of likely N-dealkylation sites (N-methyl/N-ethyl adjacent to an activating group) is 1. The number of hydrogen-bond acceptors (Lipinski definition) is 4. The molecular weight excluding hydrogens is 384 g/mol. The fourth-order valence-corrected chi connectivity index (χ4v) is 3.56. The second-order valence-electron chi connectivity index (χ2n) is 6.81. The number of hydrogen-bond donors (Lipinski definition) is 0. The highest BCUT2D eigenvalue weighted by Crippen LogP contribution is 2.42. The second-order valence-corrected chi connectivity index (χ2v) is 7.72. The summed E-state index contributed by atoms with van der Waals surface area (Å²) in [5.41, 5.74) is 2.34. The molecule has 1 aromatic heterocycles. The van der Waals surface area contributed by atoms with E-state index in [9.17, 15) is 4.79 Å². The van der Waals surface area contributed by atoms with Crippen molar-refractivity contribution >= 4 is 21.8 Å². The minimum Gasteiger partial charge on any atom is -0.376 e. The van der Waals surface area contributed by atoms with Crippen LogP contribution in [-0.4, -0.2) is 52.1 Å². The Morgan fingerprint density at radius 2 is 2.08 bits per heavy atom. The lowest BCUT2D eigenvalue weighted by molar-refractivity contribution is 0.0581. The SMILES string of the molecule is CN(CC1CCCO1)C(=O)c1nnn(-c2ccc(Br)cc2)c1C1CC1. The summed E-state index contributed by atoms with van der Waals surface area (Å²) in [4.78, 5) is 14.7. The average Bonchev–Trinajstić information content (AvgIpc) is 3.14. The molecule has 1 aromatic carbocycles. The summed E-state index contributed by atoms with van der Waals surface area (Å²) in [5, 5.41) is 8.53. The molecule has 2 fully saturated rings. The molecule has 0 bridgehead atoms. The molecule has 1 unspecified atom stereocenters. The van der Waals surface area contributed by atoms with Crippen molar-refractivity contribution in [2.45, 2.75) is 37.7 Å². The summed E-state index contributed by atoms with van der Waals surface area (Å²) in [6.45, 7) is 1.40. The van der Waals surface area contributed by atoms with E-state index in [1.54, 1.807) is 4.90 Å². The number of aromatic nitrogens is 3. The third kappa shape index (κ3) is 3.48. The molecular formula is C18H21BrN4O2. The zero-order valence-corrected chi connectivity index (χ0v) is 15.8. The largest absolute Gasteiger partial charge is 0.376 e. The molecule has 6 nitrogen and oxygen atoms in total. The van der Waals surface area contributed by atoms with E-state index in [4.69, 9.17) is 4.74 Å². The quantitative estimate of drug-likeness (QED) is 0.767. The lowest BCUT2D eigenvalue weighted by Gasteiger charge is -2.20. The first-order valence-electron chi connectivity index (χ1n) is 8.72. The van der Waals surface area contributed by atoms with Crippen molar-refractivity contribution in [3.63, 3.8) is 0 Å². The molecule has 25 heavy (non-hydrogen) atoms. The van der Waals surface area contributed by atoms with E-state index in [-0.39, 0.29) is 12.0 Å². The summed E-state index contributed by atoms with van der Waals surface area (Å²) in [7, 11) is 1.82. The first-order valence-corrected chi connectivity index (χ1v) is 9.51. The van der Waals surface area contributed by atoms with E-state index in [1.165, 1.54) is 0 Å².